The van der Waals surface area contributed by atoms with Crippen molar-refractivity contribution in [3.63, 3.8) is 0 Å². The van der Waals surface area contributed by atoms with E-state index in [9.17, 15) is 9.90 Å². The lowest BCUT2D eigenvalue weighted by Crippen LogP contribution is -2.19. The van der Waals surface area contributed by atoms with Crippen LogP contribution in [0.1, 0.15) is 25.0 Å². The number of hydrogen-bond acceptors (Lipinski definition) is 5. The van der Waals surface area contributed by atoms with E-state index in [-0.39, 0.29) is 12.7 Å². The molecule has 104 valence electrons. The first-order valence-electron chi connectivity index (χ1n) is 6.40. The van der Waals surface area contributed by atoms with Crippen molar-refractivity contribution in [1.29, 1.82) is 0 Å². The smallest absolute Gasteiger partial charge is 0.339 e. The number of carbonyl (C=O) groups is 1. The summed E-state index contributed by atoms with van der Waals surface area (Å²) >= 11 is 1.85. The summed E-state index contributed by atoms with van der Waals surface area (Å²) in [6.07, 6.45) is -0.139. The number of thioether (sulfide) groups is 1. The van der Waals surface area contributed by atoms with Gasteiger partial charge in [-0.3, -0.25) is 0 Å². The van der Waals surface area contributed by atoms with E-state index in [0.717, 1.165) is 17.9 Å². The maximum absolute atomic E-state index is 11.6. The van der Waals surface area contributed by atoms with Gasteiger partial charge < -0.3 is 14.6 Å². The van der Waals surface area contributed by atoms with Crippen LogP contribution in [0.3, 0.4) is 0 Å². The summed E-state index contributed by atoms with van der Waals surface area (Å²) in [5, 5.41) is 10.0. The summed E-state index contributed by atoms with van der Waals surface area (Å²) in [4.78, 5) is 11.6. The Morgan fingerprint density at radius 1 is 1.53 bits per heavy atom. The highest BCUT2D eigenvalue weighted by Gasteiger charge is 2.24. The van der Waals surface area contributed by atoms with Crippen molar-refractivity contribution in [3.05, 3.63) is 29.8 Å². The zero-order valence-electron chi connectivity index (χ0n) is 10.9. The quantitative estimate of drug-likeness (QED) is 0.839. The minimum Gasteiger partial charge on any atom is -0.489 e. The van der Waals surface area contributed by atoms with Crippen LogP contribution in [0.4, 0.5) is 0 Å². The Morgan fingerprint density at radius 3 is 3.00 bits per heavy atom. The first kappa shape index (κ1) is 14.2. The third-order valence-corrected chi connectivity index (χ3v) is 4.04. The Hall–Kier alpha value is -1.20. The molecule has 2 atom stereocenters. The predicted octanol–water partition coefficient (Wildman–Crippen LogP) is 2.17. The Labute approximate surface area is 117 Å². The molecule has 4 nitrogen and oxygen atoms in total. The zero-order valence-corrected chi connectivity index (χ0v) is 11.7. The van der Waals surface area contributed by atoms with E-state index in [1.165, 1.54) is 0 Å². The van der Waals surface area contributed by atoms with E-state index in [1.54, 1.807) is 25.1 Å². The standard InChI is InChI=1S/C14H18O4S/c1-2-17-14(16)13(15)11-5-3-4-6-12(11)18-10-7-8-19-9-10/h3-6,10,13,15H,2,7-9H2,1H3. The summed E-state index contributed by atoms with van der Waals surface area (Å²) in [6, 6.07) is 7.08. The van der Waals surface area contributed by atoms with Crippen molar-refractivity contribution in [3.8, 4) is 5.75 Å². The molecule has 0 saturated carbocycles. The fourth-order valence-electron chi connectivity index (χ4n) is 1.95. The zero-order chi connectivity index (χ0) is 13.7. The molecule has 2 unspecified atom stereocenters. The molecule has 1 fully saturated rings. The van der Waals surface area contributed by atoms with Crippen LogP contribution in [-0.2, 0) is 9.53 Å². The monoisotopic (exact) mass is 282 g/mol. The fraction of sp³-hybridized carbons (Fsp3) is 0.500. The second-order valence-electron chi connectivity index (χ2n) is 4.30. The van der Waals surface area contributed by atoms with Gasteiger partial charge in [-0.2, -0.15) is 11.8 Å². The number of esters is 1. The predicted molar refractivity (Wildman–Crippen MR) is 74.4 cm³/mol. The molecular formula is C14H18O4S. The van der Waals surface area contributed by atoms with E-state index in [0.29, 0.717) is 11.3 Å². The Bertz CT molecular complexity index is 429. The van der Waals surface area contributed by atoms with E-state index in [2.05, 4.69) is 0 Å². The third-order valence-electron chi connectivity index (χ3n) is 2.90. The Morgan fingerprint density at radius 2 is 2.32 bits per heavy atom. The number of aliphatic hydroxyl groups excluding tert-OH is 1. The molecule has 1 heterocycles. The number of rotatable bonds is 5. The number of ether oxygens (including phenoxy) is 2. The molecule has 5 heteroatoms. The normalized spacial score (nSPS) is 20.0. The second-order valence-corrected chi connectivity index (χ2v) is 5.45. The summed E-state index contributed by atoms with van der Waals surface area (Å²) in [5.41, 5.74) is 0.470. The molecule has 1 N–H and O–H groups in total. The second kappa shape index (κ2) is 6.82. The highest BCUT2D eigenvalue weighted by atomic mass is 32.2. The van der Waals surface area contributed by atoms with Crippen LogP contribution >= 0.6 is 11.8 Å². The van der Waals surface area contributed by atoms with Crippen LogP contribution in [0.25, 0.3) is 0 Å². The summed E-state index contributed by atoms with van der Waals surface area (Å²) in [5.74, 6) is 1.96. The topological polar surface area (TPSA) is 55.8 Å². The lowest BCUT2D eigenvalue weighted by molar-refractivity contribution is -0.153. The van der Waals surface area contributed by atoms with Crippen LogP contribution in [0.15, 0.2) is 24.3 Å². The first-order chi connectivity index (χ1) is 9.22. The van der Waals surface area contributed by atoms with Crippen molar-refractivity contribution in [2.24, 2.45) is 0 Å². The average molecular weight is 282 g/mol. The molecule has 0 aromatic heterocycles. The molecule has 0 bridgehead atoms. The summed E-state index contributed by atoms with van der Waals surface area (Å²) in [7, 11) is 0. The number of carbonyl (C=O) groups excluding carboxylic acids is 1. The average Bonchev–Trinajstić information content (AvgIpc) is 2.92. The number of hydrogen-bond donors (Lipinski definition) is 1. The molecule has 1 aromatic rings. The van der Waals surface area contributed by atoms with Gasteiger partial charge in [-0.1, -0.05) is 18.2 Å². The number of benzene rings is 1. The van der Waals surface area contributed by atoms with E-state index in [1.807, 2.05) is 17.8 Å². The molecule has 0 aliphatic carbocycles. The molecule has 0 radical (unpaired) electrons. The summed E-state index contributed by atoms with van der Waals surface area (Å²) in [6.45, 7) is 1.96. The van der Waals surface area contributed by atoms with Crippen molar-refractivity contribution >= 4 is 17.7 Å². The van der Waals surface area contributed by atoms with Gasteiger partial charge >= 0.3 is 5.97 Å². The van der Waals surface area contributed by atoms with Gasteiger partial charge in [0.05, 0.1) is 6.61 Å². The van der Waals surface area contributed by atoms with Crippen molar-refractivity contribution in [2.75, 3.05) is 18.1 Å². The van der Waals surface area contributed by atoms with Gasteiger partial charge in [-0.15, -0.1) is 0 Å². The van der Waals surface area contributed by atoms with Crippen molar-refractivity contribution < 1.29 is 19.4 Å². The van der Waals surface area contributed by atoms with E-state index >= 15 is 0 Å². The van der Waals surface area contributed by atoms with Gasteiger partial charge in [0.25, 0.3) is 0 Å². The minimum absolute atomic E-state index is 0.153. The van der Waals surface area contributed by atoms with Gasteiger partial charge in [0.1, 0.15) is 11.9 Å². The molecule has 19 heavy (non-hydrogen) atoms. The lowest BCUT2D eigenvalue weighted by atomic mass is 10.1. The maximum atomic E-state index is 11.6. The molecule has 2 rings (SSSR count). The molecule has 1 aromatic carbocycles. The van der Waals surface area contributed by atoms with Gasteiger partial charge in [0, 0.05) is 11.3 Å². The minimum atomic E-state index is -1.29. The third kappa shape index (κ3) is 3.64. The van der Waals surface area contributed by atoms with E-state index in [4.69, 9.17) is 9.47 Å². The number of para-hydroxylation sites is 1. The molecule has 0 amide bonds. The fourth-order valence-corrected chi connectivity index (χ4v) is 3.04. The molecular weight excluding hydrogens is 264 g/mol. The Balaban J connectivity index is 2.12. The van der Waals surface area contributed by atoms with Crippen molar-refractivity contribution in [2.45, 2.75) is 25.6 Å². The van der Waals surface area contributed by atoms with Gasteiger partial charge in [-0.25, -0.2) is 4.79 Å². The van der Waals surface area contributed by atoms with Crippen LogP contribution in [0.2, 0.25) is 0 Å². The highest BCUT2D eigenvalue weighted by molar-refractivity contribution is 7.99. The van der Waals surface area contributed by atoms with Gasteiger partial charge in [0.2, 0.25) is 0 Å². The van der Waals surface area contributed by atoms with Crippen LogP contribution in [0.5, 0.6) is 5.75 Å². The van der Waals surface area contributed by atoms with E-state index < -0.39 is 12.1 Å². The molecule has 0 spiro atoms. The SMILES string of the molecule is CCOC(=O)C(O)c1ccccc1OC1CCSC1. The van der Waals surface area contributed by atoms with Gasteiger partial charge in [-0.05, 0) is 25.2 Å². The highest BCUT2D eigenvalue weighted by Crippen LogP contribution is 2.29. The Kier molecular flexibility index (Phi) is 5.10. The number of aliphatic hydroxyl groups is 1. The van der Waals surface area contributed by atoms with Crippen LogP contribution in [0, 0.1) is 0 Å². The van der Waals surface area contributed by atoms with Crippen LogP contribution < -0.4 is 4.74 Å². The molecule has 1 aliphatic rings. The summed E-state index contributed by atoms with van der Waals surface area (Å²) < 4.78 is 10.7. The van der Waals surface area contributed by atoms with Crippen molar-refractivity contribution in [1.82, 2.24) is 0 Å². The lowest BCUT2D eigenvalue weighted by Gasteiger charge is -2.18. The first-order valence-corrected chi connectivity index (χ1v) is 7.56. The molecule has 1 aliphatic heterocycles. The molecule has 1 saturated heterocycles. The van der Waals surface area contributed by atoms with Gasteiger partial charge in [0.15, 0.2) is 6.10 Å². The maximum Gasteiger partial charge on any atom is 0.339 e. The van der Waals surface area contributed by atoms with Crippen LogP contribution in [-0.4, -0.2) is 35.3 Å². The largest absolute Gasteiger partial charge is 0.489 e.